The summed E-state index contributed by atoms with van der Waals surface area (Å²) in [4.78, 5) is 11.9. The fourth-order valence-corrected chi connectivity index (χ4v) is 1.81. The Kier molecular flexibility index (Phi) is 7.15. The molecule has 0 radical (unpaired) electrons. The molecule has 1 amide bonds. The maximum atomic E-state index is 11.9. The lowest BCUT2D eigenvalue weighted by molar-refractivity contribution is -0.123. The van der Waals surface area contributed by atoms with Gasteiger partial charge in [-0.2, -0.15) is 0 Å². The molecule has 0 saturated heterocycles. The van der Waals surface area contributed by atoms with Gasteiger partial charge in [-0.15, -0.1) is 0 Å². The van der Waals surface area contributed by atoms with Crippen LogP contribution in [0.5, 0.6) is 0 Å². The monoisotopic (exact) mass is 264 g/mol. The van der Waals surface area contributed by atoms with Crippen molar-refractivity contribution in [2.75, 3.05) is 13.7 Å². The zero-order valence-corrected chi connectivity index (χ0v) is 11.8. The Morgan fingerprint density at radius 1 is 1.32 bits per heavy atom. The minimum Gasteiger partial charge on any atom is -0.385 e. The molecule has 1 unspecified atom stereocenters. The van der Waals surface area contributed by atoms with Gasteiger partial charge in [-0.25, -0.2) is 0 Å². The number of methoxy groups -OCH3 is 1. The second kappa shape index (κ2) is 8.67. The average molecular weight is 264 g/mol. The molecule has 4 nitrogen and oxygen atoms in total. The molecule has 0 saturated carbocycles. The largest absolute Gasteiger partial charge is 0.385 e. The Hall–Kier alpha value is -1.39. The van der Waals surface area contributed by atoms with Crippen molar-refractivity contribution < 1.29 is 9.53 Å². The number of nitrogens with two attached hydrogens (primary N) is 1. The molecular formula is C15H24N2O2. The van der Waals surface area contributed by atoms with Gasteiger partial charge in [0.2, 0.25) is 5.91 Å². The van der Waals surface area contributed by atoms with Crippen molar-refractivity contribution in [2.45, 2.75) is 38.3 Å². The van der Waals surface area contributed by atoms with E-state index in [0.717, 1.165) is 12.8 Å². The summed E-state index contributed by atoms with van der Waals surface area (Å²) in [6.45, 7) is 2.60. The predicted octanol–water partition coefficient (Wildman–Crippen LogP) is 1.49. The lowest BCUT2D eigenvalue weighted by Crippen LogP contribution is -2.44. The summed E-state index contributed by atoms with van der Waals surface area (Å²) >= 11 is 0. The highest BCUT2D eigenvalue weighted by Crippen LogP contribution is 2.04. The molecule has 0 aliphatic carbocycles. The Morgan fingerprint density at radius 2 is 2.00 bits per heavy atom. The third-order valence-electron chi connectivity index (χ3n) is 3.07. The van der Waals surface area contributed by atoms with Crippen molar-refractivity contribution in [1.29, 1.82) is 0 Å². The normalized spacial score (nSPS) is 13.8. The number of rotatable bonds is 8. The topological polar surface area (TPSA) is 64.3 Å². The molecule has 2 atom stereocenters. The molecule has 0 bridgehead atoms. The van der Waals surface area contributed by atoms with Crippen LogP contribution >= 0.6 is 0 Å². The number of nitrogens with one attached hydrogen (secondary N) is 1. The van der Waals surface area contributed by atoms with E-state index < -0.39 is 6.04 Å². The van der Waals surface area contributed by atoms with Crippen LogP contribution in [0.25, 0.3) is 0 Å². The Labute approximate surface area is 115 Å². The molecule has 0 aliphatic heterocycles. The van der Waals surface area contributed by atoms with Crippen molar-refractivity contribution in [1.82, 2.24) is 5.32 Å². The molecule has 3 N–H and O–H groups in total. The van der Waals surface area contributed by atoms with Gasteiger partial charge >= 0.3 is 0 Å². The number of benzene rings is 1. The molecule has 0 aromatic heterocycles. The van der Waals surface area contributed by atoms with E-state index in [1.807, 2.05) is 37.3 Å². The van der Waals surface area contributed by atoms with Gasteiger partial charge in [-0.1, -0.05) is 30.3 Å². The van der Waals surface area contributed by atoms with Gasteiger partial charge in [0, 0.05) is 19.8 Å². The van der Waals surface area contributed by atoms with Crippen molar-refractivity contribution in [2.24, 2.45) is 5.73 Å². The quantitative estimate of drug-likeness (QED) is 0.747. The number of hydrogen-bond donors (Lipinski definition) is 2. The van der Waals surface area contributed by atoms with E-state index in [0.29, 0.717) is 13.0 Å². The minimum atomic E-state index is -0.454. The first-order chi connectivity index (χ1) is 9.13. The summed E-state index contributed by atoms with van der Waals surface area (Å²) in [6, 6.07) is 9.70. The standard InChI is InChI=1S/C15H24N2O2/c1-12(10-11-19-2)17-15(18)14(16)9-8-13-6-4-3-5-7-13/h3-7,12,14H,8-11,16H2,1-2H3,(H,17,18)/t12?,14-/m0/s1. The van der Waals surface area contributed by atoms with Crippen LogP contribution in [0.3, 0.4) is 0 Å². The molecular weight excluding hydrogens is 240 g/mol. The van der Waals surface area contributed by atoms with E-state index in [-0.39, 0.29) is 11.9 Å². The Balaban J connectivity index is 2.28. The second-order valence-electron chi connectivity index (χ2n) is 4.82. The van der Waals surface area contributed by atoms with E-state index >= 15 is 0 Å². The van der Waals surface area contributed by atoms with Crippen LogP contribution in [-0.4, -0.2) is 31.7 Å². The van der Waals surface area contributed by atoms with E-state index in [4.69, 9.17) is 10.5 Å². The van der Waals surface area contributed by atoms with Gasteiger partial charge in [-0.3, -0.25) is 4.79 Å². The van der Waals surface area contributed by atoms with Crippen LogP contribution in [-0.2, 0) is 16.0 Å². The molecule has 0 fully saturated rings. The van der Waals surface area contributed by atoms with E-state index in [1.165, 1.54) is 5.56 Å². The summed E-state index contributed by atoms with van der Waals surface area (Å²) in [5.41, 5.74) is 7.11. The first kappa shape index (κ1) is 15.7. The number of carbonyl (C=O) groups is 1. The Morgan fingerprint density at radius 3 is 2.63 bits per heavy atom. The smallest absolute Gasteiger partial charge is 0.237 e. The van der Waals surface area contributed by atoms with E-state index in [9.17, 15) is 4.79 Å². The summed E-state index contributed by atoms with van der Waals surface area (Å²) in [6.07, 6.45) is 2.28. The second-order valence-corrected chi connectivity index (χ2v) is 4.82. The molecule has 1 aromatic carbocycles. The van der Waals surface area contributed by atoms with Gasteiger partial charge < -0.3 is 15.8 Å². The molecule has 1 rings (SSSR count). The van der Waals surface area contributed by atoms with Gasteiger partial charge in [0.25, 0.3) is 0 Å². The van der Waals surface area contributed by atoms with Crippen molar-refractivity contribution >= 4 is 5.91 Å². The fraction of sp³-hybridized carbons (Fsp3) is 0.533. The predicted molar refractivity (Wildman–Crippen MR) is 76.8 cm³/mol. The molecule has 1 aromatic rings. The highest BCUT2D eigenvalue weighted by Gasteiger charge is 2.15. The van der Waals surface area contributed by atoms with Crippen LogP contribution < -0.4 is 11.1 Å². The first-order valence-corrected chi connectivity index (χ1v) is 6.72. The fourth-order valence-electron chi connectivity index (χ4n) is 1.81. The zero-order valence-electron chi connectivity index (χ0n) is 11.8. The van der Waals surface area contributed by atoms with Crippen LogP contribution in [0, 0.1) is 0 Å². The third kappa shape index (κ3) is 6.36. The van der Waals surface area contributed by atoms with Crippen molar-refractivity contribution in [3.05, 3.63) is 35.9 Å². The van der Waals surface area contributed by atoms with E-state index in [1.54, 1.807) is 7.11 Å². The number of aryl methyl sites for hydroxylation is 1. The van der Waals surface area contributed by atoms with Crippen molar-refractivity contribution in [3.8, 4) is 0 Å². The van der Waals surface area contributed by atoms with Crippen LogP contribution in [0.15, 0.2) is 30.3 Å². The Bertz CT molecular complexity index is 368. The summed E-state index contributed by atoms with van der Waals surface area (Å²) < 4.78 is 4.98. The molecule has 106 valence electrons. The summed E-state index contributed by atoms with van der Waals surface area (Å²) in [5, 5.41) is 2.91. The summed E-state index contributed by atoms with van der Waals surface area (Å²) in [7, 11) is 1.65. The lowest BCUT2D eigenvalue weighted by atomic mass is 10.0. The van der Waals surface area contributed by atoms with Crippen LogP contribution in [0.1, 0.15) is 25.3 Å². The minimum absolute atomic E-state index is 0.0838. The van der Waals surface area contributed by atoms with E-state index in [2.05, 4.69) is 5.32 Å². The third-order valence-corrected chi connectivity index (χ3v) is 3.07. The SMILES string of the molecule is COCCC(C)NC(=O)[C@@H](N)CCc1ccccc1. The summed E-state index contributed by atoms with van der Waals surface area (Å²) in [5.74, 6) is -0.0838. The molecule has 0 heterocycles. The lowest BCUT2D eigenvalue weighted by Gasteiger charge is -2.17. The molecule has 0 aliphatic rings. The highest BCUT2D eigenvalue weighted by molar-refractivity contribution is 5.81. The van der Waals surface area contributed by atoms with Gasteiger partial charge in [0.1, 0.15) is 0 Å². The highest BCUT2D eigenvalue weighted by atomic mass is 16.5. The number of carbonyl (C=O) groups excluding carboxylic acids is 1. The van der Waals surface area contributed by atoms with Gasteiger partial charge in [0.15, 0.2) is 0 Å². The van der Waals surface area contributed by atoms with Crippen LogP contribution in [0.2, 0.25) is 0 Å². The number of ether oxygens (including phenoxy) is 1. The number of hydrogen-bond acceptors (Lipinski definition) is 3. The molecule has 4 heteroatoms. The van der Waals surface area contributed by atoms with Gasteiger partial charge in [-0.05, 0) is 31.7 Å². The molecule has 19 heavy (non-hydrogen) atoms. The maximum absolute atomic E-state index is 11.9. The number of amides is 1. The van der Waals surface area contributed by atoms with Gasteiger partial charge in [0.05, 0.1) is 6.04 Å². The maximum Gasteiger partial charge on any atom is 0.237 e. The van der Waals surface area contributed by atoms with Crippen LogP contribution in [0.4, 0.5) is 0 Å². The molecule has 0 spiro atoms. The zero-order chi connectivity index (χ0) is 14.1. The first-order valence-electron chi connectivity index (χ1n) is 6.72. The average Bonchev–Trinajstić information content (AvgIpc) is 2.43. The van der Waals surface area contributed by atoms with Crippen molar-refractivity contribution in [3.63, 3.8) is 0 Å².